The van der Waals surface area contributed by atoms with Crippen LogP contribution in [0.4, 0.5) is 26.5 Å². The number of fused-ring (bicyclic) bond motifs is 1. The summed E-state index contributed by atoms with van der Waals surface area (Å²) in [6.07, 6.45) is 9.60. The Morgan fingerprint density at radius 2 is 1.86 bits per heavy atom. The summed E-state index contributed by atoms with van der Waals surface area (Å²) in [5.41, 5.74) is 12.7. The Labute approximate surface area is 335 Å². The van der Waals surface area contributed by atoms with Crippen molar-refractivity contribution in [1.82, 2.24) is 44.3 Å². The van der Waals surface area contributed by atoms with Crippen molar-refractivity contribution in [2.45, 2.75) is 51.8 Å². The van der Waals surface area contributed by atoms with Crippen LogP contribution in [0.25, 0.3) is 22.2 Å². The number of pyridine rings is 1. The van der Waals surface area contributed by atoms with E-state index in [1.165, 1.54) is 12.1 Å². The van der Waals surface area contributed by atoms with E-state index in [-0.39, 0.29) is 24.0 Å². The summed E-state index contributed by atoms with van der Waals surface area (Å²) in [5.74, 6) is 1.30. The molecule has 6 aromatic rings. The maximum atomic E-state index is 13.9. The number of rotatable bonds is 11. The smallest absolute Gasteiger partial charge is 0.329 e. The number of anilines is 3. The van der Waals surface area contributed by atoms with Crippen molar-refractivity contribution in [3.8, 4) is 17.0 Å². The fourth-order valence-corrected chi connectivity index (χ4v) is 8.55. The molecule has 0 bridgehead atoms. The number of nitrogen functional groups attached to an aromatic ring is 1. The Bertz CT molecular complexity index is 2500. The monoisotopic (exact) mass is 786 g/mol. The lowest BCUT2D eigenvalue weighted by Crippen LogP contribution is -2.52. The number of hydrogen-bond donors (Lipinski definition) is 2. The lowest BCUT2D eigenvalue weighted by atomic mass is 9.96. The van der Waals surface area contributed by atoms with Crippen LogP contribution in [0.5, 0.6) is 5.75 Å². The summed E-state index contributed by atoms with van der Waals surface area (Å²) < 4.78 is 26.1. The Kier molecular flexibility index (Phi) is 9.79. The van der Waals surface area contributed by atoms with Crippen LogP contribution in [-0.4, -0.2) is 90.2 Å². The van der Waals surface area contributed by atoms with Crippen LogP contribution >= 0.6 is 0 Å². The number of likely N-dealkylation sites (tertiary alicyclic amines) is 1. The van der Waals surface area contributed by atoms with Crippen LogP contribution in [-0.2, 0) is 18.4 Å². The van der Waals surface area contributed by atoms with Crippen molar-refractivity contribution in [1.29, 1.82) is 0 Å². The van der Waals surface area contributed by atoms with Crippen LogP contribution in [0.2, 0.25) is 0 Å². The Hall–Kier alpha value is -6.29. The quantitative estimate of drug-likeness (QED) is 0.173. The molecule has 4 aromatic heterocycles. The van der Waals surface area contributed by atoms with Crippen LogP contribution < -0.4 is 25.6 Å². The Morgan fingerprint density at radius 1 is 1.03 bits per heavy atom. The van der Waals surface area contributed by atoms with Gasteiger partial charge in [-0.05, 0) is 68.7 Å². The molecule has 7 heterocycles. The normalized spacial score (nSPS) is 17.5. The second-order valence-electron chi connectivity index (χ2n) is 15.8. The van der Waals surface area contributed by atoms with E-state index in [4.69, 9.17) is 15.6 Å². The molecule has 58 heavy (non-hydrogen) atoms. The van der Waals surface area contributed by atoms with Crippen molar-refractivity contribution in [3.05, 3.63) is 96.1 Å². The van der Waals surface area contributed by atoms with E-state index < -0.39 is 12.1 Å². The molecule has 3 fully saturated rings. The maximum absolute atomic E-state index is 13.9. The van der Waals surface area contributed by atoms with E-state index in [9.17, 15) is 14.0 Å². The first-order valence-electron chi connectivity index (χ1n) is 19.8. The largest absolute Gasteiger partial charge is 0.482 e. The molecule has 9 rings (SSSR count). The highest BCUT2D eigenvalue weighted by Gasteiger charge is 2.32. The van der Waals surface area contributed by atoms with Gasteiger partial charge in [-0.1, -0.05) is 12.1 Å². The van der Waals surface area contributed by atoms with E-state index in [0.29, 0.717) is 42.2 Å². The van der Waals surface area contributed by atoms with Gasteiger partial charge in [0.2, 0.25) is 5.91 Å². The summed E-state index contributed by atoms with van der Waals surface area (Å²) in [5, 5.41) is 12.7. The zero-order chi connectivity index (χ0) is 40.1. The first-order chi connectivity index (χ1) is 28.1. The zero-order valence-electron chi connectivity index (χ0n) is 32.9. The van der Waals surface area contributed by atoms with Crippen molar-refractivity contribution >= 4 is 40.2 Å². The molecule has 0 aliphatic carbocycles. The molecule has 0 saturated carbocycles. The molecule has 1 atom stereocenters. The van der Waals surface area contributed by atoms with Crippen molar-refractivity contribution < 1.29 is 18.7 Å². The summed E-state index contributed by atoms with van der Waals surface area (Å²) in [6.45, 7) is 9.89. The third kappa shape index (κ3) is 7.35. The molecule has 0 radical (unpaired) electrons. The van der Waals surface area contributed by atoms with Crippen LogP contribution in [0.3, 0.4) is 0 Å². The molecule has 3 aliphatic heterocycles. The minimum Gasteiger partial charge on any atom is -0.482 e. The Balaban J connectivity index is 0.778. The molecule has 15 nitrogen and oxygen atoms in total. The highest BCUT2D eigenvalue weighted by atomic mass is 19.1. The number of imidazole rings is 1. The predicted molar refractivity (Wildman–Crippen MR) is 218 cm³/mol. The summed E-state index contributed by atoms with van der Waals surface area (Å²) in [7, 11) is 1.89. The molecular weight excluding hydrogens is 740 g/mol. The van der Waals surface area contributed by atoms with Gasteiger partial charge >= 0.3 is 6.03 Å². The molecule has 0 spiro atoms. The van der Waals surface area contributed by atoms with Crippen LogP contribution in [0.1, 0.15) is 55.2 Å². The van der Waals surface area contributed by atoms with Gasteiger partial charge < -0.3 is 24.8 Å². The molecule has 0 unspecified atom stereocenters. The van der Waals surface area contributed by atoms with Crippen LogP contribution in [0, 0.1) is 18.7 Å². The fraction of sp³-hybridized carbons (Fsp3) is 0.381. The predicted octanol–water partition coefficient (Wildman–Crippen LogP) is 5.47. The van der Waals surface area contributed by atoms with Gasteiger partial charge in [0.25, 0.3) is 0 Å². The van der Waals surface area contributed by atoms with E-state index in [1.54, 1.807) is 17.2 Å². The minimum atomic E-state index is -0.425. The number of hydrogen-bond acceptors (Lipinski definition) is 10. The number of carbonyl (C=O) groups excluding carboxylic acids is 2. The number of benzene rings is 2. The van der Waals surface area contributed by atoms with Gasteiger partial charge in [0.05, 0.1) is 42.0 Å². The topological polar surface area (TPSA) is 157 Å². The number of aryl methyl sites for hydroxylation is 2. The lowest BCUT2D eigenvalue weighted by molar-refractivity contribution is -0.120. The van der Waals surface area contributed by atoms with E-state index in [2.05, 4.69) is 57.8 Å². The van der Waals surface area contributed by atoms with Gasteiger partial charge in [0, 0.05) is 93.2 Å². The molecule has 16 heteroatoms. The number of ether oxygens (including phenoxy) is 1. The third-order valence-corrected chi connectivity index (χ3v) is 11.7. The molecule has 3 saturated heterocycles. The van der Waals surface area contributed by atoms with Gasteiger partial charge in [-0.3, -0.25) is 24.4 Å². The van der Waals surface area contributed by atoms with Crippen molar-refractivity contribution in [2.24, 2.45) is 13.0 Å². The molecule has 3 N–H and O–H groups in total. The average molecular weight is 787 g/mol. The molecule has 2 aromatic carbocycles. The summed E-state index contributed by atoms with van der Waals surface area (Å²) in [6, 6.07) is 14.4. The first-order valence-corrected chi connectivity index (χ1v) is 19.8. The fourth-order valence-electron chi connectivity index (χ4n) is 8.55. The van der Waals surface area contributed by atoms with E-state index in [1.807, 2.05) is 56.3 Å². The minimum absolute atomic E-state index is 0.257. The third-order valence-electron chi connectivity index (χ3n) is 11.7. The lowest BCUT2D eigenvalue weighted by Gasteiger charge is -2.44. The number of imide groups is 1. The number of piperidine rings is 1. The van der Waals surface area contributed by atoms with E-state index in [0.717, 1.165) is 84.7 Å². The van der Waals surface area contributed by atoms with Gasteiger partial charge in [-0.25, -0.2) is 19.2 Å². The van der Waals surface area contributed by atoms with Gasteiger partial charge in [0.15, 0.2) is 17.4 Å². The second kappa shape index (κ2) is 15.2. The van der Waals surface area contributed by atoms with Gasteiger partial charge in [-0.2, -0.15) is 10.2 Å². The molecule has 3 aliphatic rings. The highest BCUT2D eigenvalue weighted by Crippen LogP contribution is 2.35. The number of urea groups is 1. The number of nitrogens with one attached hydrogen (secondary N) is 1. The second-order valence-corrected chi connectivity index (χ2v) is 15.8. The molecule has 3 amide bonds. The van der Waals surface area contributed by atoms with Gasteiger partial charge in [0.1, 0.15) is 11.9 Å². The SMILES string of the molecule is Cc1ncn(Cc2cnn(C3CCN(CC4CN(c5ccc6c(N7CCC(=O)NC7=O)nn(C)c6c5)C4)CC3)c2)c1-c1cnc(N)c(O[C@H](C)c2cccc(F)c2)c1. The first kappa shape index (κ1) is 37.3. The van der Waals surface area contributed by atoms with E-state index >= 15 is 0 Å². The number of halogens is 1. The highest BCUT2D eigenvalue weighted by molar-refractivity contribution is 6.09. The standard InChI is InChI=1S/C42H47FN12O3/c1-26-39(31-16-37(40(44)45-19-31)58-27(2)30-5-4-6-32(43)15-30)53(25-46-26)21-28-18-47-55(24-28)33-9-12-51(13-10-33)20-29-22-52(23-29)34-7-8-35-36(17-34)50(3)49-41(35)54-14-11-38(56)48-42(54)57/h4-8,15-19,24-25,27,29,33H,9-14,20-23H2,1-3H3,(H2,44,45)(H,48,56,57)/t27-/m1/s1. The number of nitrogens with two attached hydrogens (primary N) is 1. The van der Waals surface area contributed by atoms with Gasteiger partial charge in [-0.15, -0.1) is 0 Å². The van der Waals surface area contributed by atoms with Crippen molar-refractivity contribution in [2.75, 3.05) is 54.8 Å². The van der Waals surface area contributed by atoms with Crippen LogP contribution in [0.15, 0.2) is 73.4 Å². The zero-order valence-corrected chi connectivity index (χ0v) is 32.9. The number of aromatic nitrogens is 7. The van der Waals surface area contributed by atoms with Crippen molar-refractivity contribution in [3.63, 3.8) is 0 Å². The number of amides is 3. The molecule has 300 valence electrons. The summed E-state index contributed by atoms with van der Waals surface area (Å²) in [4.78, 5) is 39.7. The number of nitrogens with zero attached hydrogens (tertiary/aromatic N) is 10. The maximum Gasteiger partial charge on any atom is 0.329 e. The Morgan fingerprint density at radius 3 is 2.66 bits per heavy atom. The summed E-state index contributed by atoms with van der Waals surface area (Å²) >= 11 is 0. The average Bonchev–Trinajstić information content (AvgIpc) is 3.91. The molecular formula is C42H47FN12O3. The number of carbonyl (C=O) groups is 2.